The van der Waals surface area contributed by atoms with Crippen LogP contribution in [-0.4, -0.2) is 80.5 Å². The monoisotopic (exact) mass is 795 g/mol. The van der Waals surface area contributed by atoms with E-state index in [9.17, 15) is 19.2 Å². The van der Waals surface area contributed by atoms with Gasteiger partial charge in [0.2, 0.25) is 23.7 Å². The third-order valence-electron chi connectivity index (χ3n) is 10.7. The topological polar surface area (TPSA) is 182 Å². The summed E-state index contributed by atoms with van der Waals surface area (Å²) in [6, 6.07) is 12.9. The number of carbonyl (C=O) groups is 4. The molecule has 2 atom stereocenters. The van der Waals surface area contributed by atoms with Crippen molar-refractivity contribution in [1.29, 1.82) is 0 Å². The van der Waals surface area contributed by atoms with E-state index in [1.54, 1.807) is 30.5 Å². The Morgan fingerprint density at radius 3 is 2.47 bits per heavy atom. The Bertz CT molecular complexity index is 2050. The van der Waals surface area contributed by atoms with Gasteiger partial charge in [0.15, 0.2) is 17.0 Å². The van der Waals surface area contributed by atoms with Crippen LogP contribution in [0.1, 0.15) is 119 Å². The predicted molar refractivity (Wildman–Crippen MR) is 223 cm³/mol. The third-order valence-corrected chi connectivity index (χ3v) is 10.7. The molecule has 4 N–H and O–H groups in total. The summed E-state index contributed by atoms with van der Waals surface area (Å²) in [6.07, 6.45) is 10.7. The van der Waals surface area contributed by atoms with Gasteiger partial charge >= 0.3 is 0 Å². The number of amides is 4. The highest BCUT2D eigenvalue weighted by atomic mass is 16.5. The zero-order valence-corrected chi connectivity index (χ0v) is 34.1. The fourth-order valence-electron chi connectivity index (χ4n) is 7.39. The third kappa shape index (κ3) is 10.7. The van der Waals surface area contributed by atoms with Crippen molar-refractivity contribution in [3.63, 3.8) is 0 Å². The van der Waals surface area contributed by atoms with Crippen molar-refractivity contribution in [2.75, 3.05) is 36.3 Å². The maximum atomic E-state index is 13.0. The Balaban J connectivity index is 0.857. The molecule has 0 radical (unpaired) electrons. The second kappa shape index (κ2) is 20.2. The van der Waals surface area contributed by atoms with Crippen molar-refractivity contribution in [2.45, 2.75) is 123 Å². The highest BCUT2D eigenvalue weighted by Gasteiger charge is 2.40. The number of piperidine rings is 1. The zero-order valence-electron chi connectivity index (χ0n) is 34.1. The van der Waals surface area contributed by atoms with Crippen LogP contribution in [0.4, 0.5) is 17.5 Å². The van der Waals surface area contributed by atoms with E-state index in [1.165, 1.54) is 0 Å². The molecule has 0 aliphatic carbocycles. The molecule has 1 saturated heterocycles. The van der Waals surface area contributed by atoms with E-state index in [0.29, 0.717) is 67.7 Å². The van der Waals surface area contributed by atoms with E-state index in [2.05, 4.69) is 47.0 Å². The van der Waals surface area contributed by atoms with Gasteiger partial charge in [0.25, 0.3) is 5.91 Å². The summed E-state index contributed by atoms with van der Waals surface area (Å²) in [5, 5.41) is 12.2. The number of methoxy groups -OCH3 is 1. The van der Waals surface area contributed by atoms with Crippen molar-refractivity contribution in [3.05, 3.63) is 65.5 Å². The van der Waals surface area contributed by atoms with Gasteiger partial charge in [-0.05, 0) is 69.4 Å². The van der Waals surface area contributed by atoms with Crippen LogP contribution in [0, 0.1) is 0 Å². The lowest BCUT2D eigenvalue weighted by atomic mass is 10.0. The number of unbranched alkanes of at least 4 members (excludes halogenated alkanes) is 6. The molecule has 1 unspecified atom stereocenters. The molecule has 0 saturated carbocycles. The van der Waals surface area contributed by atoms with Gasteiger partial charge in [0.05, 0.1) is 32.1 Å². The first-order valence-electron chi connectivity index (χ1n) is 20.7. The Kier molecular flexibility index (Phi) is 14.7. The van der Waals surface area contributed by atoms with Crippen LogP contribution in [0.25, 0.3) is 11.2 Å². The van der Waals surface area contributed by atoms with E-state index < -0.39 is 11.9 Å². The molecule has 1 fully saturated rings. The normalized spacial score (nSPS) is 15.8. The van der Waals surface area contributed by atoms with Crippen LogP contribution >= 0.6 is 0 Å². The maximum absolute atomic E-state index is 13.0. The molecule has 2 aromatic carbocycles. The molecule has 6 rings (SSSR count). The number of imide groups is 1. The predicted octanol–water partition coefficient (Wildman–Crippen LogP) is 6.76. The molecule has 58 heavy (non-hydrogen) atoms. The quantitative estimate of drug-likeness (QED) is 0.0488. The van der Waals surface area contributed by atoms with Crippen molar-refractivity contribution in [2.24, 2.45) is 0 Å². The molecule has 310 valence electrons. The number of nitrogens with zero attached hydrogens (tertiary/aromatic N) is 5. The minimum atomic E-state index is -0.642. The molecule has 15 nitrogen and oxygen atoms in total. The first-order valence-corrected chi connectivity index (χ1v) is 20.7. The van der Waals surface area contributed by atoms with Gasteiger partial charge in [0.1, 0.15) is 11.8 Å². The number of hydrogen-bond acceptors (Lipinski definition) is 11. The standard InChI is InChI=1S/C43H57N9O6/c1-5-30(26-57-4)47-43-49-39(38-40(50-43)52(27-45-38)28(2)3)44-24-29-17-19-31(20-18-29)46-36(53)16-11-9-7-6-8-10-12-23-58-35-15-13-14-32-33(35)25-51(42(32)56)34-21-22-37(54)48-41(34)55/h13-15,17-20,27-28,30,34H,5-12,16,21-26H2,1-4H3,(H,46,53)(H,48,54,55)(H2,44,47,49,50)/t30-,34?/m1/s1. The van der Waals surface area contributed by atoms with Crippen LogP contribution < -0.4 is 26.0 Å². The van der Waals surface area contributed by atoms with Crippen LogP contribution in [0.5, 0.6) is 5.75 Å². The lowest BCUT2D eigenvalue weighted by molar-refractivity contribution is -0.137. The second-order valence-electron chi connectivity index (χ2n) is 15.4. The van der Waals surface area contributed by atoms with Gasteiger partial charge in [0, 0.05) is 49.4 Å². The van der Waals surface area contributed by atoms with Crippen LogP contribution in [0.2, 0.25) is 0 Å². The van der Waals surface area contributed by atoms with Crippen LogP contribution in [0.15, 0.2) is 48.8 Å². The molecule has 4 aromatic rings. The maximum Gasteiger partial charge on any atom is 0.255 e. The molecule has 4 amide bonds. The summed E-state index contributed by atoms with van der Waals surface area (Å²) < 4.78 is 13.5. The van der Waals surface area contributed by atoms with Gasteiger partial charge in [-0.25, -0.2) is 4.98 Å². The summed E-state index contributed by atoms with van der Waals surface area (Å²) in [5.41, 5.74) is 4.64. The molecular formula is C43H57N9O6. The Hall–Kier alpha value is -5.57. The van der Waals surface area contributed by atoms with E-state index in [0.717, 1.165) is 73.8 Å². The number of anilines is 3. The Labute approximate surface area is 340 Å². The van der Waals surface area contributed by atoms with Gasteiger partial charge in [-0.3, -0.25) is 24.5 Å². The molecule has 2 aliphatic rings. The highest BCUT2D eigenvalue weighted by Crippen LogP contribution is 2.34. The summed E-state index contributed by atoms with van der Waals surface area (Å²) in [7, 11) is 1.69. The van der Waals surface area contributed by atoms with Crippen molar-refractivity contribution in [1.82, 2.24) is 29.7 Å². The van der Waals surface area contributed by atoms with Crippen molar-refractivity contribution < 1.29 is 28.7 Å². The number of nitrogens with one attached hydrogen (secondary N) is 4. The molecule has 15 heteroatoms. The second-order valence-corrected chi connectivity index (χ2v) is 15.4. The lowest BCUT2D eigenvalue weighted by Gasteiger charge is -2.29. The van der Waals surface area contributed by atoms with E-state index in [4.69, 9.17) is 19.4 Å². The summed E-state index contributed by atoms with van der Waals surface area (Å²) in [5.74, 6) is 0.950. The largest absolute Gasteiger partial charge is 0.493 e. The average molecular weight is 796 g/mol. The average Bonchev–Trinajstić information content (AvgIpc) is 3.79. The number of fused-ring (bicyclic) bond motifs is 2. The number of imidazole rings is 1. The minimum Gasteiger partial charge on any atom is -0.493 e. The number of ether oxygens (including phenoxy) is 2. The molecule has 4 heterocycles. The number of carbonyl (C=O) groups excluding carboxylic acids is 4. The molecule has 2 aliphatic heterocycles. The Morgan fingerprint density at radius 1 is 0.983 bits per heavy atom. The molecule has 2 aromatic heterocycles. The SMILES string of the molecule is CC[C@H](COC)Nc1nc(NCc2ccc(NC(=O)CCCCCCCCCOc3cccc4c3CN(C3CCC(=O)NC3=O)C4=O)cc2)c2ncn(C(C)C)c2n1. The minimum absolute atomic E-state index is 0.0142. The number of rotatable bonds is 22. The first kappa shape index (κ1) is 42.0. The number of aromatic nitrogens is 4. The van der Waals surface area contributed by atoms with Crippen molar-refractivity contribution >= 4 is 52.2 Å². The molecule has 0 spiro atoms. The van der Waals surface area contributed by atoms with Crippen LogP contribution in [0.3, 0.4) is 0 Å². The first-order chi connectivity index (χ1) is 28.1. The van der Waals surface area contributed by atoms with Gasteiger partial charge in [-0.15, -0.1) is 0 Å². The van der Waals surface area contributed by atoms with Gasteiger partial charge in [-0.1, -0.05) is 57.2 Å². The fraction of sp³-hybridized carbons (Fsp3) is 0.512. The number of benzene rings is 2. The van der Waals surface area contributed by atoms with Gasteiger partial charge < -0.3 is 34.9 Å². The zero-order chi connectivity index (χ0) is 41.0. The smallest absolute Gasteiger partial charge is 0.255 e. The van der Waals surface area contributed by atoms with E-state index in [1.807, 2.05) is 34.9 Å². The number of hydrogen-bond donors (Lipinski definition) is 4. The van der Waals surface area contributed by atoms with Crippen LogP contribution in [-0.2, 0) is 32.2 Å². The van der Waals surface area contributed by atoms with Gasteiger partial charge in [-0.2, -0.15) is 9.97 Å². The Morgan fingerprint density at radius 2 is 1.74 bits per heavy atom. The molecular weight excluding hydrogens is 739 g/mol. The van der Waals surface area contributed by atoms with Crippen molar-refractivity contribution in [3.8, 4) is 5.75 Å². The summed E-state index contributed by atoms with van der Waals surface area (Å²) in [4.78, 5) is 65.4. The fourth-order valence-corrected chi connectivity index (χ4v) is 7.39. The highest BCUT2D eigenvalue weighted by molar-refractivity contribution is 6.05. The summed E-state index contributed by atoms with van der Waals surface area (Å²) >= 11 is 0. The lowest BCUT2D eigenvalue weighted by Crippen LogP contribution is -2.52. The summed E-state index contributed by atoms with van der Waals surface area (Å²) in [6.45, 7) is 8.21. The molecule has 0 bridgehead atoms. The van der Waals surface area contributed by atoms with E-state index in [-0.39, 0.29) is 36.2 Å². The van der Waals surface area contributed by atoms with E-state index >= 15 is 0 Å².